The molecular formula is C14H19F3N4O2. The van der Waals surface area contributed by atoms with E-state index in [2.05, 4.69) is 20.6 Å². The molecule has 0 spiro atoms. The van der Waals surface area contributed by atoms with Crippen molar-refractivity contribution in [1.82, 2.24) is 20.6 Å². The Morgan fingerprint density at radius 3 is 2.65 bits per heavy atom. The summed E-state index contributed by atoms with van der Waals surface area (Å²) in [5.74, 6) is 0.311. The molecule has 0 saturated heterocycles. The molecule has 1 atom stereocenters. The number of ether oxygens (including phenoxy) is 1. The van der Waals surface area contributed by atoms with Gasteiger partial charge in [0.05, 0.1) is 12.1 Å². The van der Waals surface area contributed by atoms with E-state index < -0.39 is 23.5 Å². The Labute approximate surface area is 131 Å². The molecule has 2 N–H and O–H groups in total. The van der Waals surface area contributed by atoms with Crippen LogP contribution in [0.25, 0.3) is 0 Å². The Bertz CT molecular complexity index is 563. The second kappa shape index (κ2) is 6.69. The van der Waals surface area contributed by atoms with Crippen molar-refractivity contribution in [1.29, 1.82) is 0 Å². The standard InChI is InChI=1S/C14H19F3N4O2/c1-13(23-2,9-3-4-9)8-20-12(22)19-7-11-18-6-5-10(21-11)14(15,16)17/h5-6,9H,3-4,7-8H2,1-2H3,(H2,19,20,22). The Kier molecular flexibility index (Phi) is 5.08. The smallest absolute Gasteiger partial charge is 0.376 e. The molecule has 6 nitrogen and oxygen atoms in total. The molecule has 0 bridgehead atoms. The van der Waals surface area contributed by atoms with E-state index in [4.69, 9.17) is 4.74 Å². The number of carbonyl (C=O) groups excluding carboxylic acids is 1. The first kappa shape index (κ1) is 17.5. The normalized spacial score (nSPS) is 17.4. The van der Waals surface area contributed by atoms with Crippen LogP contribution in [-0.4, -0.2) is 35.3 Å². The third-order valence-corrected chi connectivity index (χ3v) is 3.91. The lowest BCUT2D eigenvalue weighted by atomic mass is 10.0. The summed E-state index contributed by atoms with van der Waals surface area (Å²) in [7, 11) is 1.59. The first-order valence-corrected chi connectivity index (χ1v) is 7.20. The molecule has 1 saturated carbocycles. The number of amides is 2. The molecule has 1 aliphatic rings. The number of halogens is 3. The largest absolute Gasteiger partial charge is 0.433 e. The third-order valence-electron chi connectivity index (χ3n) is 3.91. The van der Waals surface area contributed by atoms with Gasteiger partial charge in [-0.25, -0.2) is 14.8 Å². The van der Waals surface area contributed by atoms with Crippen LogP contribution in [0.5, 0.6) is 0 Å². The number of urea groups is 1. The van der Waals surface area contributed by atoms with Gasteiger partial charge in [-0.3, -0.25) is 0 Å². The van der Waals surface area contributed by atoms with E-state index in [1.807, 2.05) is 6.92 Å². The maximum Gasteiger partial charge on any atom is 0.433 e. The summed E-state index contributed by atoms with van der Waals surface area (Å²) in [6, 6.07) is 0.276. The Morgan fingerprint density at radius 1 is 1.39 bits per heavy atom. The van der Waals surface area contributed by atoms with Gasteiger partial charge in [0.15, 0.2) is 0 Å². The predicted molar refractivity (Wildman–Crippen MR) is 75.4 cm³/mol. The minimum absolute atomic E-state index is 0.105. The van der Waals surface area contributed by atoms with Crippen molar-refractivity contribution in [3.8, 4) is 0 Å². The number of methoxy groups -OCH3 is 1. The quantitative estimate of drug-likeness (QED) is 0.836. The lowest BCUT2D eigenvalue weighted by Crippen LogP contribution is -2.47. The van der Waals surface area contributed by atoms with Crippen molar-refractivity contribution in [2.24, 2.45) is 5.92 Å². The number of alkyl halides is 3. The first-order valence-electron chi connectivity index (χ1n) is 7.20. The number of nitrogens with one attached hydrogen (secondary N) is 2. The van der Waals surface area contributed by atoms with Crippen LogP contribution in [0, 0.1) is 5.92 Å². The van der Waals surface area contributed by atoms with Crippen molar-refractivity contribution in [3.05, 3.63) is 23.8 Å². The minimum Gasteiger partial charge on any atom is -0.376 e. The highest BCUT2D eigenvalue weighted by atomic mass is 19.4. The molecule has 1 aliphatic carbocycles. The van der Waals surface area contributed by atoms with Crippen LogP contribution >= 0.6 is 0 Å². The zero-order chi connectivity index (χ0) is 17.1. The fourth-order valence-corrected chi connectivity index (χ4v) is 2.20. The number of hydrogen-bond donors (Lipinski definition) is 2. The highest BCUT2D eigenvalue weighted by molar-refractivity contribution is 5.73. The van der Waals surface area contributed by atoms with Crippen LogP contribution in [0.3, 0.4) is 0 Å². The van der Waals surface area contributed by atoms with Gasteiger partial charge >= 0.3 is 12.2 Å². The fraction of sp³-hybridized carbons (Fsp3) is 0.643. The van der Waals surface area contributed by atoms with Crippen LogP contribution in [0.4, 0.5) is 18.0 Å². The van der Waals surface area contributed by atoms with Gasteiger partial charge in [0.1, 0.15) is 11.5 Å². The van der Waals surface area contributed by atoms with E-state index in [-0.39, 0.29) is 12.4 Å². The zero-order valence-electron chi connectivity index (χ0n) is 12.9. The lowest BCUT2D eigenvalue weighted by Gasteiger charge is -2.28. The first-order chi connectivity index (χ1) is 10.7. The summed E-state index contributed by atoms with van der Waals surface area (Å²) in [4.78, 5) is 18.8. The van der Waals surface area contributed by atoms with Gasteiger partial charge in [-0.15, -0.1) is 0 Å². The van der Waals surface area contributed by atoms with Crippen molar-refractivity contribution in [2.45, 2.75) is 38.1 Å². The number of carbonyl (C=O) groups is 1. The van der Waals surface area contributed by atoms with Crippen LogP contribution in [0.15, 0.2) is 12.3 Å². The molecule has 0 radical (unpaired) electrons. The van der Waals surface area contributed by atoms with E-state index in [1.54, 1.807) is 7.11 Å². The van der Waals surface area contributed by atoms with Crippen LogP contribution < -0.4 is 10.6 Å². The van der Waals surface area contributed by atoms with E-state index in [1.165, 1.54) is 0 Å². The van der Waals surface area contributed by atoms with Gasteiger partial charge in [0, 0.05) is 19.9 Å². The van der Waals surface area contributed by atoms with Crippen molar-refractivity contribution >= 4 is 6.03 Å². The van der Waals surface area contributed by atoms with Gasteiger partial charge in [0.2, 0.25) is 0 Å². The molecule has 0 aromatic carbocycles. The fourth-order valence-electron chi connectivity index (χ4n) is 2.20. The molecule has 1 heterocycles. The van der Waals surface area contributed by atoms with Crippen LogP contribution in [-0.2, 0) is 17.5 Å². The maximum atomic E-state index is 12.5. The summed E-state index contributed by atoms with van der Waals surface area (Å²) >= 11 is 0. The lowest BCUT2D eigenvalue weighted by molar-refractivity contribution is -0.141. The Hall–Kier alpha value is -1.90. The Morgan fingerprint density at radius 2 is 2.09 bits per heavy atom. The maximum absolute atomic E-state index is 12.5. The summed E-state index contributed by atoms with van der Waals surface area (Å²) in [5.41, 5.74) is -1.46. The topological polar surface area (TPSA) is 76.1 Å². The van der Waals surface area contributed by atoms with Gasteiger partial charge < -0.3 is 15.4 Å². The van der Waals surface area contributed by atoms with E-state index in [9.17, 15) is 18.0 Å². The molecule has 128 valence electrons. The van der Waals surface area contributed by atoms with Crippen molar-refractivity contribution < 1.29 is 22.7 Å². The third kappa shape index (κ3) is 4.78. The van der Waals surface area contributed by atoms with Crippen LogP contribution in [0.1, 0.15) is 31.3 Å². The minimum atomic E-state index is -4.54. The van der Waals surface area contributed by atoms with Crippen molar-refractivity contribution in [2.75, 3.05) is 13.7 Å². The number of aromatic nitrogens is 2. The second-order valence-electron chi connectivity index (χ2n) is 5.68. The molecule has 9 heteroatoms. The molecular weight excluding hydrogens is 313 g/mol. The van der Waals surface area contributed by atoms with E-state index in [0.29, 0.717) is 12.5 Å². The summed E-state index contributed by atoms with van der Waals surface area (Å²) < 4.78 is 43.0. The Balaban J connectivity index is 1.82. The molecule has 0 aliphatic heterocycles. The number of hydrogen-bond acceptors (Lipinski definition) is 4. The SMILES string of the molecule is COC(C)(CNC(=O)NCc1nccc(C(F)(F)F)n1)C1CC1. The highest BCUT2D eigenvalue weighted by Gasteiger charge is 2.41. The van der Waals surface area contributed by atoms with Gasteiger partial charge in [-0.05, 0) is 31.7 Å². The average molecular weight is 332 g/mol. The molecule has 23 heavy (non-hydrogen) atoms. The molecule has 1 fully saturated rings. The summed E-state index contributed by atoms with van der Waals surface area (Å²) in [5, 5.41) is 5.09. The van der Waals surface area contributed by atoms with Crippen LogP contribution in [0.2, 0.25) is 0 Å². The van der Waals surface area contributed by atoms with E-state index in [0.717, 1.165) is 25.1 Å². The summed E-state index contributed by atoms with van der Waals surface area (Å²) in [6.07, 6.45) is -1.40. The highest BCUT2D eigenvalue weighted by Crippen LogP contribution is 2.41. The zero-order valence-corrected chi connectivity index (χ0v) is 12.9. The monoisotopic (exact) mass is 332 g/mol. The molecule has 1 aromatic rings. The second-order valence-corrected chi connectivity index (χ2v) is 5.68. The molecule has 1 unspecified atom stereocenters. The molecule has 2 rings (SSSR count). The number of nitrogens with zero attached hydrogens (tertiary/aromatic N) is 2. The average Bonchev–Trinajstić information content (AvgIpc) is 3.35. The van der Waals surface area contributed by atoms with E-state index >= 15 is 0 Å². The van der Waals surface area contributed by atoms with Gasteiger partial charge in [-0.2, -0.15) is 13.2 Å². The van der Waals surface area contributed by atoms with Gasteiger partial charge in [-0.1, -0.05) is 0 Å². The molecule has 2 amide bonds. The molecule has 1 aromatic heterocycles. The predicted octanol–water partition coefficient (Wildman–Crippen LogP) is 2.11. The van der Waals surface area contributed by atoms with Crippen molar-refractivity contribution in [3.63, 3.8) is 0 Å². The van der Waals surface area contributed by atoms with Gasteiger partial charge in [0.25, 0.3) is 0 Å². The number of rotatable bonds is 6. The summed E-state index contributed by atoms with van der Waals surface area (Å²) in [6.45, 7) is 2.05.